The minimum Gasteiger partial charge on any atom is -0.466 e. The first-order valence-corrected chi connectivity index (χ1v) is 5.05. The Balaban J connectivity index is 2.93. The van der Waals surface area contributed by atoms with Crippen LogP contribution in [0.4, 0.5) is 4.39 Å². The van der Waals surface area contributed by atoms with Crippen molar-refractivity contribution in [3.8, 4) is 0 Å². The molecule has 16 heavy (non-hydrogen) atoms. The highest BCUT2D eigenvalue weighted by molar-refractivity contribution is 6.31. The van der Waals surface area contributed by atoms with Crippen molar-refractivity contribution in [2.45, 2.75) is 13.3 Å². The fourth-order valence-electron chi connectivity index (χ4n) is 1.20. The lowest BCUT2D eigenvalue weighted by atomic mass is 10.1. The number of esters is 1. The molecule has 0 bridgehead atoms. The third-order valence-electron chi connectivity index (χ3n) is 1.93. The van der Waals surface area contributed by atoms with Crippen LogP contribution in [0, 0.1) is 5.82 Å². The van der Waals surface area contributed by atoms with E-state index in [4.69, 9.17) is 16.3 Å². The zero-order valence-electron chi connectivity index (χ0n) is 8.63. The lowest BCUT2D eigenvalue weighted by Crippen LogP contribution is -2.08. The van der Waals surface area contributed by atoms with Crippen LogP contribution in [-0.2, 0) is 16.0 Å². The van der Waals surface area contributed by atoms with Crippen LogP contribution in [0.3, 0.4) is 0 Å². The second-order valence-corrected chi connectivity index (χ2v) is 3.47. The Hall–Kier alpha value is -1.42. The van der Waals surface area contributed by atoms with Crippen molar-refractivity contribution >= 4 is 23.9 Å². The SMILES string of the molecule is CCOC(=O)Cc1cc(F)c(C=O)cc1Cl. The maximum atomic E-state index is 13.2. The standard InChI is InChI=1S/C11H10ClFO3/c1-2-16-11(15)5-7-4-10(13)8(6-14)3-9(7)12/h3-4,6H,2,5H2,1H3. The molecule has 0 aromatic heterocycles. The summed E-state index contributed by atoms with van der Waals surface area (Å²) in [6.07, 6.45) is 0.262. The summed E-state index contributed by atoms with van der Waals surface area (Å²) in [6, 6.07) is 2.27. The van der Waals surface area contributed by atoms with Gasteiger partial charge >= 0.3 is 5.97 Å². The van der Waals surface area contributed by atoms with Gasteiger partial charge in [0.2, 0.25) is 0 Å². The van der Waals surface area contributed by atoms with Gasteiger partial charge in [-0.1, -0.05) is 11.6 Å². The van der Waals surface area contributed by atoms with E-state index in [1.165, 1.54) is 6.07 Å². The molecule has 1 aromatic rings. The summed E-state index contributed by atoms with van der Waals surface area (Å²) in [7, 11) is 0. The van der Waals surface area contributed by atoms with Gasteiger partial charge in [0, 0.05) is 5.02 Å². The second kappa shape index (κ2) is 5.61. The molecule has 0 atom stereocenters. The van der Waals surface area contributed by atoms with Gasteiger partial charge in [0.1, 0.15) is 5.82 Å². The third kappa shape index (κ3) is 3.03. The molecule has 86 valence electrons. The lowest BCUT2D eigenvalue weighted by Gasteiger charge is -2.05. The van der Waals surface area contributed by atoms with Crippen LogP contribution in [0.5, 0.6) is 0 Å². The van der Waals surface area contributed by atoms with Crippen LogP contribution in [0.15, 0.2) is 12.1 Å². The number of benzene rings is 1. The average Bonchev–Trinajstić information content (AvgIpc) is 2.23. The van der Waals surface area contributed by atoms with E-state index < -0.39 is 11.8 Å². The minimum absolute atomic E-state index is 0.108. The number of carbonyl (C=O) groups excluding carboxylic acids is 2. The summed E-state index contributed by atoms with van der Waals surface area (Å²) in [5, 5.41) is 0.177. The Bertz CT molecular complexity index is 418. The zero-order valence-corrected chi connectivity index (χ0v) is 9.38. The summed E-state index contributed by atoms with van der Waals surface area (Å²) in [5.41, 5.74) is 0.181. The van der Waals surface area contributed by atoms with E-state index in [1.54, 1.807) is 6.92 Å². The second-order valence-electron chi connectivity index (χ2n) is 3.06. The maximum Gasteiger partial charge on any atom is 0.310 e. The Morgan fingerprint density at radius 1 is 1.56 bits per heavy atom. The van der Waals surface area contributed by atoms with Gasteiger partial charge in [-0.25, -0.2) is 4.39 Å². The molecule has 0 heterocycles. The highest BCUT2D eigenvalue weighted by Gasteiger charge is 2.12. The first kappa shape index (κ1) is 12.6. The Morgan fingerprint density at radius 2 is 2.25 bits per heavy atom. The van der Waals surface area contributed by atoms with Gasteiger partial charge in [-0.2, -0.15) is 0 Å². The minimum atomic E-state index is -0.696. The van der Waals surface area contributed by atoms with Crippen molar-refractivity contribution in [3.05, 3.63) is 34.1 Å². The van der Waals surface area contributed by atoms with Crippen LogP contribution in [0.1, 0.15) is 22.8 Å². The van der Waals surface area contributed by atoms with Gasteiger partial charge in [-0.15, -0.1) is 0 Å². The normalized spacial score (nSPS) is 9.94. The molecule has 5 heteroatoms. The van der Waals surface area contributed by atoms with E-state index >= 15 is 0 Å². The maximum absolute atomic E-state index is 13.2. The molecular weight excluding hydrogens is 235 g/mol. The van der Waals surface area contributed by atoms with Crippen molar-refractivity contribution in [3.63, 3.8) is 0 Å². The number of aldehydes is 1. The Morgan fingerprint density at radius 3 is 2.81 bits per heavy atom. The van der Waals surface area contributed by atoms with Crippen molar-refractivity contribution in [1.82, 2.24) is 0 Å². The van der Waals surface area contributed by atoms with Crippen LogP contribution in [0.2, 0.25) is 5.02 Å². The molecule has 0 saturated heterocycles. The molecule has 0 saturated carbocycles. The summed E-state index contributed by atoms with van der Waals surface area (Å²) >= 11 is 5.79. The highest BCUT2D eigenvalue weighted by Crippen LogP contribution is 2.20. The van der Waals surface area contributed by atoms with Crippen molar-refractivity contribution < 1.29 is 18.7 Å². The van der Waals surface area contributed by atoms with Crippen molar-refractivity contribution in [1.29, 1.82) is 0 Å². The van der Waals surface area contributed by atoms with Gasteiger partial charge in [-0.3, -0.25) is 9.59 Å². The summed E-state index contributed by atoms with van der Waals surface area (Å²) in [4.78, 5) is 21.6. The summed E-state index contributed by atoms with van der Waals surface area (Å²) < 4.78 is 17.9. The van der Waals surface area contributed by atoms with Gasteiger partial charge in [0.05, 0.1) is 18.6 Å². The molecule has 0 unspecified atom stereocenters. The number of hydrogen-bond acceptors (Lipinski definition) is 3. The molecule has 1 rings (SSSR count). The molecule has 0 aliphatic heterocycles. The summed E-state index contributed by atoms with van der Waals surface area (Å²) in [6.45, 7) is 1.93. The number of carbonyl (C=O) groups is 2. The van der Waals surface area contributed by atoms with E-state index in [0.717, 1.165) is 6.07 Å². The largest absolute Gasteiger partial charge is 0.466 e. The first-order chi connectivity index (χ1) is 7.58. The predicted molar refractivity (Wildman–Crippen MR) is 57.1 cm³/mol. The molecule has 0 radical (unpaired) electrons. The first-order valence-electron chi connectivity index (χ1n) is 4.67. The number of halogens is 2. The fourth-order valence-corrected chi connectivity index (χ4v) is 1.44. The van der Waals surface area contributed by atoms with Crippen molar-refractivity contribution in [2.75, 3.05) is 6.61 Å². The van der Waals surface area contributed by atoms with Gasteiger partial charge in [-0.05, 0) is 24.6 Å². The van der Waals surface area contributed by atoms with Gasteiger partial charge in [0.25, 0.3) is 0 Å². The van der Waals surface area contributed by atoms with E-state index in [1.807, 2.05) is 0 Å². The quantitative estimate of drug-likeness (QED) is 0.603. The molecule has 0 fully saturated rings. The smallest absolute Gasteiger partial charge is 0.310 e. The monoisotopic (exact) mass is 244 g/mol. The van der Waals surface area contributed by atoms with Gasteiger partial charge in [0.15, 0.2) is 6.29 Å². The van der Waals surface area contributed by atoms with E-state index in [-0.39, 0.29) is 23.6 Å². The molecular formula is C11H10ClFO3. The molecule has 1 aromatic carbocycles. The Labute approximate surface area is 97.2 Å². The molecule has 0 aliphatic carbocycles. The zero-order chi connectivity index (χ0) is 12.1. The van der Waals surface area contributed by atoms with E-state index in [0.29, 0.717) is 11.8 Å². The van der Waals surface area contributed by atoms with E-state index in [9.17, 15) is 14.0 Å². The molecule has 0 spiro atoms. The van der Waals surface area contributed by atoms with Crippen molar-refractivity contribution in [2.24, 2.45) is 0 Å². The third-order valence-corrected chi connectivity index (χ3v) is 2.28. The van der Waals surface area contributed by atoms with Gasteiger partial charge < -0.3 is 4.74 Å². The lowest BCUT2D eigenvalue weighted by molar-refractivity contribution is -0.142. The van der Waals surface area contributed by atoms with Crippen LogP contribution < -0.4 is 0 Å². The Kier molecular flexibility index (Phi) is 4.43. The van der Waals surface area contributed by atoms with Crippen LogP contribution >= 0.6 is 11.6 Å². The van der Waals surface area contributed by atoms with E-state index in [2.05, 4.69) is 0 Å². The fraction of sp³-hybridized carbons (Fsp3) is 0.273. The summed E-state index contributed by atoms with van der Waals surface area (Å²) in [5.74, 6) is -1.18. The highest BCUT2D eigenvalue weighted by atomic mass is 35.5. The number of hydrogen-bond donors (Lipinski definition) is 0. The molecule has 3 nitrogen and oxygen atoms in total. The number of ether oxygens (including phenoxy) is 1. The van der Waals surface area contributed by atoms with Crippen LogP contribution in [0.25, 0.3) is 0 Å². The molecule has 0 amide bonds. The molecule has 0 N–H and O–H groups in total. The average molecular weight is 245 g/mol. The van der Waals surface area contributed by atoms with Crippen LogP contribution in [-0.4, -0.2) is 18.9 Å². The predicted octanol–water partition coefficient (Wildman–Crippen LogP) is 2.40. The topological polar surface area (TPSA) is 43.4 Å². The molecule has 0 aliphatic rings. The number of rotatable bonds is 4.